The third kappa shape index (κ3) is 21.9. The molecule has 1 unspecified atom stereocenters. The fourth-order valence-corrected chi connectivity index (χ4v) is 4.14. The highest BCUT2D eigenvalue weighted by Gasteiger charge is 2.19. The number of aliphatic hydroxyl groups is 1. The first kappa shape index (κ1) is 28.4. The molecule has 1 N–H and O–H groups in total. The lowest BCUT2D eigenvalue weighted by Crippen LogP contribution is -2.46. The molecule has 0 aromatic carbocycles. The number of aliphatic carboxylic acids is 1. The molecule has 0 heterocycles. The maximum atomic E-state index is 10.5. The summed E-state index contributed by atoms with van der Waals surface area (Å²) in [6, 6.07) is 0. The lowest BCUT2D eigenvalue weighted by molar-refractivity contribution is -0.893. The zero-order chi connectivity index (χ0) is 21.8. The van der Waals surface area contributed by atoms with Crippen LogP contribution in [0.2, 0.25) is 0 Å². The number of rotatable bonds is 22. The van der Waals surface area contributed by atoms with Crippen molar-refractivity contribution in [3.8, 4) is 0 Å². The average Bonchev–Trinajstić information content (AvgIpc) is 2.65. The van der Waals surface area contributed by atoms with E-state index in [0.717, 1.165) is 36.8 Å². The van der Waals surface area contributed by atoms with Crippen LogP contribution in [0.25, 0.3) is 0 Å². The van der Waals surface area contributed by atoms with Crippen LogP contribution in [-0.2, 0) is 4.79 Å². The molecule has 0 aliphatic carbocycles. The molecule has 4 nitrogen and oxygen atoms in total. The number of hydrogen-bond donors (Lipinski definition) is 1. The summed E-state index contributed by atoms with van der Waals surface area (Å²) >= 11 is 0. The Hall–Kier alpha value is -0.610. The van der Waals surface area contributed by atoms with Crippen LogP contribution in [-0.4, -0.2) is 48.8 Å². The van der Waals surface area contributed by atoms with Crippen LogP contribution in [0.4, 0.5) is 0 Å². The number of likely N-dealkylation sites (N-methyl/N-ethyl adjacent to an activating group) is 1. The van der Waals surface area contributed by atoms with Gasteiger partial charge in [-0.15, -0.1) is 0 Å². The standard InChI is InChI=1S/C25H51NO3/c1-4-5-6-7-8-9-10-11-12-13-14-15-16-17-20-24(27)23-26(2,3)22-19-18-21-25(28)29/h24,27H,4-23H2,1-3H3. The summed E-state index contributed by atoms with van der Waals surface area (Å²) in [5.41, 5.74) is 0. The summed E-state index contributed by atoms with van der Waals surface area (Å²) in [6.07, 6.45) is 21.3. The minimum absolute atomic E-state index is 0.140. The Bertz CT molecular complexity index is 371. The maximum absolute atomic E-state index is 10.5. The Labute approximate surface area is 181 Å². The first-order valence-electron chi connectivity index (χ1n) is 12.6. The van der Waals surface area contributed by atoms with Crippen molar-refractivity contribution in [2.45, 2.75) is 129 Å². The van der Waals surface area contributed by atoms with E-state index in [9.17, 15) is 15.0 Å². The highest BCUT2D eigenvalue weighted by atomic mass is 16.4. The number of carboxylic acid groups (broad SMARTS) is 1. The molecule has 0 aliphatic rings. The van der Waals surface area contributed by atoms with Gasteiger partial charge in [-0.1, -0.05) is 96.8 Å². The van der Waals surface area contributed by atoms with Crippen molar-refractivity contribution in [1.82, 2.24) is 0 Å². The van der Waals surface area contributed by atoms with Crippen molar-refractivity contribution in [3.05, 3.63) is 0 Å². The van der Waals surface area contributed by atoms with E-state index < -0.39 is 5.97 Å². The lowest BCUT2D eigenvalue weighted by atomic mass is 10.0. The van der Waals surface area contributed by atoms with Crippen molar-refractivity contribution in [2.75, 3.05) is 27.2 Å². The number of carbonyl (C=O) groups is 1. The van der Waals surface area contributed by atoms with E-state index in [-0.39, 0.29) is 12.5 Å². The predicted octanol–water partition coefficient (Wildman–Crippen LogP) is 5.22. The smallest absolute Gasteiger partial charge is 0.105 e. The number of hydrogen-bond acceptors (Lipinski definition) is 3. The number of carboxylic acids is 1. The number of aliphatic hydroxyl groups excluding tert-OH is 1. The molecule has 0 bridgehead atoms. The number of carbonyl (C=O) groups excluding carboxylic acids is 1. The quantitative estimate of drug-likeness (QED) is 0.196. The molecule has 0 aliphatic heterocycles. The SMILES string of the molecule is CCCCCCCCCCCCCCCCC(O)C[N+](C)(C)CCCCC(=O)[O-]. The van der Waals surface area contributed by atoms with Crippen LogP contribution in [0.1, 0.15) is 122 Å². The molecule has 29 heavy (non-hydrogen) atoms. The normalized spacial score (nSPS) is 13.0. The molecule has 1 atom stereocenters. The maximum Gasteiger partial charge on any atom is 0.105 e. The van der Waals surface area contributed by atoms with Crippen molar-refractivity contribution in [3.63, 3.8) is 0 Å². The molecule has 0 saturated carbocycles. The van der Waals surface area contributed by atoms with Crippen LogP contribution in [0, 0.1) is 0 Å². The molecule has 0 amide bonds. The molecule has 174 valence electrons. The van der Waals surface area contributed by atoms with Crippen LogP contribution in [0.3, 0.4) is 0 Å². The van der Waals surface area contributed by atoms with Crippen LogP contribution in [0.5, 0.6) is 0 Å². The van der Waals surface area contributed by atoms with Crippen LogP contribution >= 0.6 is 0 Å². The molecule has 0 fully saturated rings. The highest BCUT2D eigenvalue weighted by molar-refractivity contribution is 5.64. The first-order valence-corrected chi connectivity index (χ1v) is 12.6. The predicted molar refractivity (Wildman–Crippen MR) is 122 cm³/mol. The Balaban J connectivity index is 3.42. The van der Waals surface area contributed by atoms with Gasteiger partial charge in [0, 0.05) is 5.97 Å². The molecule has 0 spiro atoms. The fourth-order valence-electron chi connectivity index (χ4n) is 4.14. The van der Waals surface area contributed by atoms with Gasteiger partial charge in [-0.25, -0.2) is 0 Å². The Morgan fingerprint density at radius 2 is 1.21 bits per heavy atom. The fraction of sp³-hybridized carbons (Fsp3) is 0.960. The largest absolute Gasteiger partial charge is 0.550 e. The molecule has 0 saturated heterocycles. The molecule has 0 aromatic heterocycles. The van der Waals surface area contributed by atoms with E-state index in [2.05, 4.69) is 21.0 Å². The lowest BCUT2D eigenvalue weighted by Gasteiger charge is -2.32. The summed E-state index contributed by atoms with van der Waals surface area (Å²) in [5, 5.41) is 20.8. The zero-order valence-corrected chi connectivity index (χ0v) is 19.9. The Kier molecular flexibility index (Phi) is 19.0. The summed E-state index contributed by atoms with van der Waals surface area (Å²) in [4.78, 5) is 10.5. The molecule has 4 heteroatoms. The van der Waals surface area contributed by atoms with Crippen molar-refractivity contribution >= 4 is 5.97 Å². The zero-order valence-electron chi connectivity index (χ0n) is 19.9. The minimum Gasteiger partial charge on any atom is -0.550 e. The van der Waals surface area contributed by atoms with E-state index in [1.165, 1.54) is 83.5 Å². The van der Waals surface area contributed by atoms with E-state index in [1.54, 1.807) is 0 Å². The van der Waals surface area contributed by atoms with Gasteiger partial charge in [-0.2, -0.15) is 0 Å². The van der Waals surface area contributed by atoms with Crippen molar-refractivity contribution in [1.29, 1.82) is 0 Å². The Morgan fingerprint density at radius 1 is 0.759 bits per heavy atom. The number of quaternary nitrogens is 1. The molecule has 0 rings (SSSR count). The summed E-state index contributed by atoms with van der Waals surface area (Å²) in [7, 11) is 4.24. The number of nitrogens with zero attached hydrogens (tertiary/aromatic N) is 1. The minimum atomic E-state index is -0.965. The Morgan fingerprint density at radius 3 is 1.66 bits per heavy atom. The van der Waals surface area contributed by atoms with Crippen LogP contribution in [0.15, 0.2) is 0 Å². The van der Waals surface area contributed by atoms with Gasteiger partial charge in [0.2, 0.25) is 0 Å². The highest BCUT2D eigenvalue weighted by Crippen LogP contribution is 2.14. The van der Waals surface area contributed by atoms with E-state index >= 15 is 0 Å². The van der Waals surface area contributed by atoms with Gasteiger partial charge in [0.15, 0.2) is 0 Å². The van der Waals surface area contributed by atoms with Gasteiger partial charge in [-0.05, 0) is 25.7 Å². The number of unbranched alkanes of at least 4 members (excludes halogenated alkanes) is 14. The van der Waals surface area contributed by atoms with Crippen molar-refractivity contribution < 1.29 is 19.5 Å². The third-order valence-electron chi connectivity index (χ3n) is 5.99. The third-order valence-corrected chi connectivity index (χ3v) is 5.99. The average molecular weight is 414 g/mol. The van der Waals surface area contributed by atoms with Gasteiger partial charge in [0.1, 0.15) is 12.6 Å². The second-order valence-corrected chi connectivity index (χ2v) is 9.71. The van der Waals surface area contributed by atoms with Gasteiger partial charge < -0.3 is 19.5 Å². The second-order valence-electron chi connectivity index (χ2n) is 9.71. The topological polar surface area (TPSA) is 60.4 Å². The van der Waals surface area contributed by atoms with Gasteiger partial charge in [0.05, 0.1) is 20.6 Å². The molecule has 0 radical (unpaired) electrons. The van der Waals surface area contributed by atoms with Gasteiger partial charge >= 0.3 is 0 Å². The molecular formula is C25H51NO3. The van der Waals surface area contributed by atoms with E-state index in [1.807, 2.05) is 0 Å². The first-order chi connectivity index (χ1) is 13.9. The van der Waals surface area contributed by atoms with E-state index in [0.29, 0.717) is 6.42 Å². The van der Waals surface area contributed by atoms with Crippen molar-refractivity contribution in [2.24, 2.45) is 0 Å². The summed E-state index contributed by atoms with van der Waals surface area (Å²) in [5.74, 6) is -0.965. The van der Waals surface area contributed by atoms with Gasteiger partial charge in [-0.3, -0.25) is 0 Å². The summed E-state index contributed by atoms with van der Waals surface area (Å²) in [6.45, 7) is 3.93. The van der Waals surface area contributed by atoms with Gasteiger partial charge in [0.25, 0.3) is 0 Å². The monoisotopic (exact) mass is 413 g/mol. The summed E-state index contributed by atoms with van der Waals surface area (Å²) < 4.78 is 0.757. The van der Waals surface area contributed by atoms with Crippen LogP contribution < -0.4 is 5.11 Å². The molecular weight excluding hydrogens is 362 g/mol. The molecule has 0 aromatic rings. The second kappa shape index (κ2) is 19.4. The van der Waals surface area contributed by atoms with E-state index in [4.69, 9.17) is 0 Å².